The predicted molar refractivity (Wildman–Crippen MR) is 60.0 cm³/mol. The molecule has 0 saturated carbocycles. The van der Waals surface area contributed by atoms with E-state index in [1.54, 1.807) is 0 Å². The fourth-order valence-corrected chi connectivity index (χ4v) is 2.14. The average molecular weight is 206 g/mol. The van der Waals surface area contributed by atoms with E-state index in [1.807, 2.05) is 0 Å². The van der Waals surface area contributed by atoms with E-state index < -0.39 is 0 Å². The number of aliphatic hydroxyl groups is 1. The first-order valence-electron chi connectivity index (χ1n) is 5.67. The maximum Gasteiger partial charge on any atom is 0.0534 e. The number of rotatable bonds is 3. The fraction of sp³-hybridized carbons (Fsp3) is 0.538. The van der Waals surface area contributed by atoms with Crippen LogP contribution in [0.1, 0.15) is 29.9 Å². The van der Waals surface area contributed by atoms with E-state index in [1.165, 1.54) is 17.5 Å². The van der Waals surface area contributed by atoms with Crippen molar-refractivity contribution < 1.29 is 9.84 Å². The van der Waals surface area contributed by atoms with Crippen LogP contribution >= 0.6 is 0 Å². The highest BCUT2D eigenvalue weighted by Crippen LogP contribution is 2.25. The predicted octanol–water partition coefficient (Wildman–Crippen LogP) is 2.12. The number of aliphatic hydroxyl groups excluding tert-OH is 1. The summed E-state index contributed by atoms with van der Waals surface area (Å²) in [6, 6.07) is 8.52. The Balaban J connectivity index is 2.09. The van der Waals surface area contributed by atoms with E-state index in [2.05, 4.69) is 24.3 Å². The standard InChI is InChI=1S/C13H18O2/c14-7-6-11-3-1-4-12(9-11)13-5-2-8-15-10-13/h1,3-4,9,13-14H,2,5-8,10H2. The molecule has 15 heavy (non-hydrogen) atoms. The van der Waals surface area contributed by atoms with Gasteiger partial charge < -0.3 is 9.84 Å². The molecule has 1 aromatic carbocycles. The number of hydrogen-bond acceptors (Lipinski definition) is 2. The lowest BCUT2D eigenvalue weighted by Crippen LogP contribution is -2.15. The molecule has 0 aromatic heterocycles. The molecule has 1 saturated heterocycles. The molecule has 1 atom stereocenters. The second-order valence-corrected chi connectivity index (χ2v) is 4.13. The van der Waals surface area contributed by atoms with E-state index in [9.17, 15) is 0 Å². The van der Waals surface area contributed by atoms with E-state index in [0.717, 1.165) is 26.1 Å². The molecule has 2 heteroatoms. The molecule has 1 N–H and O–H groups in total. The van der Waals surface area contributed by atoms with E-state index in [0.29, 0.717) is 5.92 Å². The van der Waals surface area contributed by atoms with Crippen LogP contribution in [0, 0.1) is 0 Å². The summed E-state index contributed by atoms with van der Waals surface area (Å²) in [5, 5.41) is 8.90. The molecule has 2 nitrogen and oxygen atoms in total. The molecule has 0 spiro atoms. The third-order valence-corrected chi connectivity index (χ3v) is 2.98. The first-order chi connectivity index (χ1) is 7.40. The Morgan fingerprint density at radius 3 is 3.07 bits per heavy atom. The molecule has 0 aliphatic carbocycles. The largest absolute Gasteiger partial charge is 0.396 e. The third-order valence-electron chi connectivity index (χ3n) is 2.98. The van der Waals surface area contributed by atoms with E-state index in [4.69, 9.17) is 9.84 Å². The van der Waals surface area contributed by atoms with Crippen LogP contribution in [0.5, 0.6) is 0 Å². The van der Waals surface area contributed by atoms with Gasteiger partial charge in [0.05, 0.1) is 6.61 Å². The van der Waals surface area contributed by atoms with Gasteiger partial charge in [-0.25, -0.2) is 0 Å². The molecule has 1 heterocycles. The smallest absolute Gasteiger partial charge is 0.0534 e. The SMILES string of the molecule is OCCc1cccc(C2CCCOC2)c1. The van der Waals surface area contributed by atoms with Gasteiger partial charge in [-0.15, -0.1) is 0 Å². The van der Waals surface area contributed by atoms with E-state index in [-0.39, 0.29) is 6.61 Å². The summed E-state index contributed by atoms with van der Waals surface area (Å²) in [5.74, 6) is 0.553. The van der Waals surface area contributed by atoms with Crippen LogP contribution in [0.25, 0.3) is 0 Å². The van der Waals surface area contributed by atoms with Crippen LogP contribution in [-0.2, 0) is 11.2 Å². The Labute approximate surface area is 90.9 Å². The summed E-state index contributed by atoms with van der Waals surface area (Å²) < 4.78 is 5.49. The van der Waals surface area contributed by atoms with Crippen molar-refractivity contribution in [2.24, 2.45) is 0 Å². The lowest BCUT2D eigenvalue weighted by molar-refractivity contribution is 0.0804. The van der Waals surface area contributed by atoms with Gasteiger partial charge in [0.25, 0.3) is 0 Å². The quantitative estimate of drug-likeness (QED) is 0.820. The monoisotopic (exact) mass is 206 g/mol. The molecule has 0 amide bonds. The van der Waals surface area contributed by atoms with Crippen LogP contribution in [0.15, 0.2) is 24.3 Å². The van der Waals surface area contributed by atoms with Crippen LogP contribution in [-0.4, -0.2) is 24.9 Å². The summed E-state index contributed by atoms with van der Waals surface area (Å²) in [5.41, 5.74) is 2.58. The zero-order chi connectivity index (χ0) is 10.5. The molecule has 1 aromatic rings. The molecule has 1 unspecified atom stereocenters. The van der Waals surface area contributed by atoms with Crippen molar-refractivity contribution in [2.45, 2.75) is 25.2 Å². The van der Waals surface area contributed by atoms with Gasteiger partial charge in [0, 0.05) is 19.1 Å². The minimum atomic E-state index is 0.227. The summed E-state index contributed by atoms with van der Waals surface area (Å²) in [4.78, 5) is 0. The average Bonchev–Trinajstić information content (AvgIpc) is 2.31. The van der Waals surface area contributed by atoms with Crippen molar-refractivity contribution in [3.05, 3.63) is 35.4 Å². The fourth-order valence-electron chi connectivity index (χ4n) is 2.14. The molecule has 1 aliphatic rings. The first-order valence-corrected chi connectivity index (χ1v) is 5.67. The third kappa shape index (κ3) is 2.80. The molecular weight excluding hydrogens is 188 g/mol. The van der Waals surface area contributed by atoms with Crippen molar-refractivity contribution in [1.29, 1.82) is 0 Å². The second-order valence-electron chi connectivity index (χ2n) is 4.13. The second kappa shape index (κ2) is 5.29. The van der Waals surface area contributed by atoms with Gasteiger partial charge in [-0.05, 0) is 30.4 Å². The van der Waals surface area contributed by atoms with Crippen molar-refractivity contribution >= 4 is 0 Å². The lowest BCUT2D eigenvalue weighted by Gasteiger charge is -2.22. The molecule has 2 rings (SSSR count). The molecular formula is C13H18O2. The zero-order valence-corrected chi connectivity index (χ0v) is 8.98. The van der Waals surface area contributed by atoms with Crippen molar-refractivity contribution in [3.8, 4) is 0 Å². The van der Waals surface area contributed by atoms with Crippen LogP contribution in [0.4, 0.5) is 0 Å². The highest BCUT2D eigenvalue weighted by atomic mass is 16.5. The van der Waals surface area contributed by atoms with Gasteiger partial charge in [0.2, 0.25) is 0 Å². The van der Waals surface area contributed by atoms with Crippen molar-refractivity contribution in [2.75, 3.05) is 19.8 Å². The summed E-state index contributed by atoms with van der Waals surface area (Å²) in [6.45, 7) is 1.99. The van der Waals surface area contributed by atoms with Gasteiger partial charge in [0.1, 0.15) is 0 Å². The number of benzene rings is 1. The Hall–Kier alpha value is -0.860. The van der Waals surface area contributed by atoms with Crippen LogP contribution in [0.2, 0.25) is 0 Å². The van der Waals surface area contributed by atoms with Gasteiger partial charge >= 0.3 is 0 Å². The highest BCUT2D eigenvalue weighted by Gasteiger charge is 2.15. The summed E-state index contributed by atoms with van der Waals surface area (Å²) in [6.07, 6.45) is 3.14. The van der Waals surface area contributed by atoms with Gasteiger partial charge in [-0.2, -0.15) is 0 Å². The Morgan fingerprint density at radius 2 is 2.33 bits per heavy atom. The Bertz CT molecular complexity index is 303. The highest BCUT2D eigenvalue weighted by molar-refractivity contribution is 5.27. The lowest BCUT2D eigenvalue weighted by atomic mass is 9.92. The molecule has 1 aliphatic heterocycles. The topological polar surface area (TPSA) is 29.5 Å². The first kappa shape index (κ1) is 10.7. The normalized spacial score (nSPS) is 21.5. The van der Waals surface area contributed by atoms with Crippen molar-refractivity contribution in [3.63, 3.8) is 0 Å². The Kier molecular flexibility index (Phi) is 3.75. The maximum atomic E-state index is 8.90. The van der Waals surface area contributed by atoms with E-state index >= 15 is 0 Å². The maximum absolute atomic E-state index is 8.90. The van der Waals surface area contributed by atoms with Crippen LogP contribution in [0.3, 0.4) is 0 Å². The molecule has 1 fully saturated rings. The molecule has 0 radical (unpaired) electrons. The zero-order valence-electron chi connectivity index (χ0n) is 8.98. The number of ether oxygens (including phenoxy) is 1. The molecule has 82 valence electrons. The minimum absolute atomic E-state index is 0.227. The number of hydrogen-bond donors (Lipinski definition) is 1. The van der Waals surface area contributed by atoms with Gasteiger partial charge in [0.15, 0.2) is 0 Å². The minimum Gasteiger partial charge on any atom is -0.396 e. The summed E-state index contributed by atoms with van der Waals surface area (Å²) in [7, 11) is 0. The van der Waals surface area contributed by atoms with Crippen LogP contribution < -0.4 is 0 Å². The van der Waals surface area contributed by atoms with Gasteiger partial charge in [-0.3, -0.25) is 0 Å². The Morgan fingerprint density at radius 1 is 1.40 bits per heavy atom. The van der Waals surface area contributed by atoms with Crippen molar-refractivity contribution in [1.82, 2.24) is 0 Å². The summed E-state index contributed by atoms with van der Waals surface area (Å²) >= 11 is 0. The van der Waals surface area contributed by atoms with Gasteiger partial charge in [-0.1, -0.05) is 24.3 Å². The molecule has 0 bridgehead atoms.